The van der Waals surface area contributed by atoms with E-state index in [1.807, 2.05) is 6.92 Å². The summed E-state index contributed by atoms with van der Waals surface area (Å²) in [5, 5.41) is 13.8. The highest BCUT2D eigenvalue weighted by atomic mass is 19.1. The molecule has 0 bridgehead atoms. The van der Waals surface area contributed by atoms with Crippen molar-refractivity contribution in [3.05, 3.63) is 51.8 Å². The Labute approximate surface area is 119 Å². The zero-order chi connectivity index (χ0) is 15.6. The largest absolute Gasteiger partial charge is 0.459 e. The van der Waals surface area contributed by atoms with Gasteiger partial charge in [-0.1, -0.05) is 6.92 Å². The van der Waals surface area contributed by atoms with Gasteiger partial charge in [-0.05, 0) is 25.6 Å². The van der Waals surface area contributed by atoms with Crippen LogP contribution in [0.1, 0.15) is 25.1 Å². The van der Waals surface area contributed by atoms with Crippen molar-refractivity contribution in [1.29, 1.82) is 0 Å². The number of nitrogens with one attached hydrogen (secondary N) is 1. The second-order valence-electron chi connectivity index (χ2n) is 4.49. The molecular formula is C14H14F2N2O3. The highest BCUT2D eigenvalue weighted by Gasteiger charge is 2.22. The topological polar surface area (TPSA) is 68.3 Å². The summed E-state index contributed by atoms with van der Waals surface area (Å²) in [6, 6.07) is 4.46. The average Bonchev–Trinajstić information content (AvgIpc) is 2.89. The van der Waals surface area contributed by atoms with Crippen LogP contribution in [0.15, 0.2) is 28.7 Å². The smallest absolute Gasteiger partial charge is 0.305 e. The number of halogens is 2. The third-order valence-corrected chi connectivity index (χ3v) is 3.23. The van der Waals surface area contributed by atoms with Crippen LogP contribution in [-0.4, -0.2) is 12.0 Å². The maximum absolute atomic E-state index is 13.8. The van der Waals surface area contributed by atoms with E-state index in [1.165, 1.54) is 6.07 Å². The van der Waals surface area contributed by atoms with E-state index in [2.05, 4.69) is 5.32 Å². The van der Waals surface area contributed by atoms with Crippen LogP contribution < -0.4 is 5.32 Å². The standard InChI is InChI=1S/C14H14F2N2O3/c1-3-11(17-2)14-5-4-13(21-14)8-6-12(18(19)20)10(16)7-9(8)15/h4-7,11,17H,3H2,1-2H3. The summed E-state index contributed by atoms with van der Waals surface area (Å²) in [6.07, 6.45) is 0.759. The normalized spacial score (nSPS) is 12.4. The first kappa shape index (κ1) is 15.1. The predicted octanol–water partition coefficient (Wildman–Crippen LogP) is 3.80. The minimum atomic E-state index is -1.21. The van der Waals surface area contributed by atoms with Gasteiger partial charge in [0.2, 0.25) is 5.82 Å². The molecule has 5 nitrogen and oxygen atoms in total. The van der Waals surface area contributed by atoms with Crippen LogP contribution >= 0.6 is 0 Å². The minimum absolute atomic E-state index is 0.0442. The number of nitro benzene ring substituents is 1. The van der Waals surface area contributed by atoms with Gasteiger partial charge in [0, 0.05) is 12.1 Å². The van der Waals surface area contributed by atoms with Crippen LogP contribution in [-0.2, 0) is 0 Å². The lowest BCUT2D eigenvalue weighted by molar-refractivity contribution is -0.387. The van der Waals surface area contributed by atoms with Crippen LogP contribution in [0, 0.1) is 21.7 Å². The first-order valence-corrected chi connectivity index (χ1v) is 6.38. The van der Waals surface area contributed by atoms with E-state index < -0.39 is 22.2 Å². The molecule has 1 unspecified atom stereocenters. The van der Waals surface area contributed by atoms with Crippen molar-refractivity contribution in [3.8, 4) is 11.3 Å². The monoisotopic (exact) mass is 296 g/mol. The number of benzene rings is 1. The molecule has 7 heteroatoms. The fourth-order valence-electron chi connectivity index (χ4n) is 2.10. The van der Waals surface area contributed by atoms with Crippen molar-refractivity contribution in [3.63, 3.8) is 0 Å². The van der Waals surface area contributed by atoms with E-state index in [0.717, 1.165) is 12.5 Å². The van der Waals surface area contributed by atoms with E-state index in [0.29, 0.717) is 11.8 Å². The summed E-state index contributed by atoms with van der Waals surface area (Å²) >= 11 is 0. The van der Waals surface area contributed by atoms with Crippen molar-refractivity contribution in [2.75, 3.05) is 7.05 Å². The highest BCUT2D eigenvalue weighted by Crippen LogP contribution is 2.32. The zero-order valence-corrected chi connectivity index (χ0v) is 11.5. The Morgan fingerprint density at radius 3 is 2.62 bits per heavy atom. The van der Waals surface area contributed by atoms with Gasteiger partial charge < -0.3 is 9.73 Å². The molecule has 0 fully saturated rings. The Hall–Kier alpha value is -2.28. The van der Waals surface area contributed by atoms with E-state index in [9.17, 15) is 18.9 Å². The molecule has 1 aromatic carbocycles. The van der Waals surface area contributed by atoms with Crippen molar-refractivity contribution < 1.29 is 18.1 Å². The number of rotatable bonds is 5. The molecule has 0 amide bonds. The van der Waals surface area contributed by atoms with Crippen molar-refractivity contribution in [2.24, 2.45) is 0 Å². The molecule has 1 heterocycles. The molecule has 1 N–H and O–H groups in total. The molecule has 1 aromatic heterocycles. The summed E-state index contributed by atoms with van der Waals surface area (Å²) in [7, 11) is 1.76. The van der Waals surface area contributed by atoms with E-state index in [-0.39, 0.29) is 17.4 Å². The lowest BCUT2D eigenvalue weighted by Gasteiger charge is -2.10. The number of furan rings is 1. The summed E-state index contributed by atoms with van der Waals surface area (Å²) < 4.78 is 32.7. The van der Waals surface area contributed by atoms with Crippen LogP contribution in [0.4, 0.5) is 14.5 Å². The third-order valence-electron chi connectivity index (χ3n) is 3.23. The molecule has 21 heavy (non-hydrogen) atoms. The van der Waals surface area contributed by atoms with Crippen LogP contribution in [0.25, 0.3) is 11.3 Å². The quantitative estimate of drug-likeness (QED) is 0.673. The Morgan fingerprint density at radius 1 is 1.33 bits per heavy atom. The highest BCUT2D eigenvalue weighted by molar-refractivity contribution is 5.62. The number of nitro groups is 1. The number of hydrogen-bond acceptors (Lipinski definition) is 4. The van der Waals surface area contributed by atoms with Gasteiger partial charge >= 0.3 is 5.69 Å². The lowest BCUT2D eigenvalue weighted by Crippen LogP contribution is -2.14. The van der Waals surface area contributed by atoms with Gasteiger partial charge in [0.05, 0.1) is 16.5 Å². The van der Waals surface area contributed by atoms with Crippen molar-refractivity contribution in [2.45, 2.75) is 19.4 Å². The minimum Gasteiger partial charge on any atom is -0.459 e. The van der Waals surface area contributed by atoms with Gasteiger partial charge in [-0.2, -0.15) is 4.39 Å². The molecule has 0 saturated carbocycles. The van der Waals surface area contributed by atoms with Gasteiger partial charge in [0.1, 0.15) is 17.3 Å². The van der Waals surface area contributed by atoms with E-state index in [1.54, 1.807) is 13.1 Å². The number of nitrogens with zero attached hydrogens (tertiary/aromatic N) is 1. The number of hydrogen-bond donors (Lipinski definition) is 1. The van der Waals surface area contributed by atoms with E-state index in [4.69, 9.17) is 4.42 Å². The molecule has 2 aromatic rings. The molecule has 0 aliphatic heterocycles. The molecular weight excluding hydrogens is 282 g/mol. The molecule has 0 radical (unpaired) electrons. The zero-order valence-electron chi connectivity index (χ0n) is 11.5. The second kappa shape index (κ2) is 6.01. The molecule has 0 aliphatic carbocycles. The van der Waals surface area contributed by atoms with Crippen molar-refractivity contribution >= 4 is 5.69 Å². The molecule has 2 rings (SSSR count). The maximum Gasteiger partial charge on any atom is 0.305 e. The molecule has 0 aliphatic rings. The molecule has 0 spiro atoms. The predicted molar refractivity (Wildman–Crippen MR) is 72.8 cm³/mol. The Bertz CT molecular complexity index is 666. The summed E-state index contributed by atoms with van der Waals surface area (Å²) in [5.41, 5.74) is -0.926. The van der Waals surface area contributed by atoms with Crippen LogP contribution in [0.2, 0.25) is 0 Å². The Balaban J connectivity index is 2.47. The maximum atomic E-state index is 13.8. The third kappa shape index (κ3) is 2.92. The van der Waals surface area contributed by atoms with Crippen LogP contribution in [0.3, 0.4) is 0 Å². The van der Waals surface area contributed by atoms with Crippen LogP contribution in [0.5, 0.6) is 0 Å². The fraction of sp³-hybridized carbons (Fsp3) is 0.286. The molecule has 0 saturated heterocycles. The fourth-order valence-corrected chi connectivity index (χ4v) is 2.10. The van der Waals surface area contributed by atoms with Gasteiger partial charge in [-0.25, -0.2) is 4.39 Å². The Morgan fingerprint density at radius 2 is 2.05 bits per heavy atom. The summed E-state index contributed by atoms with van der Waals surface area (Å²) in [4.78, 5) is 9.83. The Kier molecular flexibility index (Phi) is 4.32. The van der Waals surface area contributed by atoms with Gasteiger partial charge in [0.25, 0.3) is 0 Å². The van der Waals surface area contributed by atoms with Gasteiger partial charge in [-0.15, -0.1) is 0 Å². The van der Waals surface area contributed by atoms with Crippen molar-refractivity contribution in [1.82, 2.24) is 5.32 Å². The molecule has 112 valence electrons. The average molecular weight is 296 g/mol. The summed E-state index contributed by atoms with van der Waals surface area (Å²) in [6.45, 7) is 1.95. The molecule has 1 atom stereocenters. The van der Waals surface area contributed by atoms with E-state index >= 15 is 0 Å². The van der Waals surface area contributed by atoms with Gasteiger partial charge in [-0.3, -0.25) is 10.1 Å². The van der Waals surface area contributed by atoms with Gasteiger partial charge in [0.15, 0.2) is 0 Å². The SMILES string of the molecule is CCC(NC)c1ccc(-c2cc([N+](=O)[O-])c(F)cc2F)o1. The summed E-state index contributed by atoms with van der Waals surface area (Å²) in [5.74, 6) is -1.41. The first-order valence-electron chi connectivity index (χ1n) is 6.38. The lowest BCUT2D eigenvalue weighted by atomic mass is 10.1. The second-order valence-corrected chi connectivity index (χ2v) is 4.49. The first-order chi connectivity index (χ1) is 9.97.